The fourth-order valence-corrected chi connectivity index (χ4v) is 3.67. The molecule has 1 aliphatic rings. The average Bonchev–Trinajstić information content (AvgIpc) is 2.66. The number of hydrogen-bond acceptors (Lipinski definition) is 2. The molecule has 0 saturated heterocycles. The van der Waals surface area contributed by atoms with E-state index in [1.54, 1.807) is 12.1 Å². The third-order valence-electron chi connectivity index (χ3n) is 4.76. The van der Waals surface area contributed by atoms with E-state index in [1.807, 2.05) is 6.07 Å². The zero-order chi connectivity index (χ0) is 20.5. The zero-order valence-corrected chi connectivity index (χ0v) is 16.0. The molecular formula is C21H23ClFNO4. The molecule has 1 aliphatic carbocycles. The van der Waals surface area contributed by atoms with E-state index in [1.165, 1.54) is 11.6 Å². The standard InChI is InChI=1S/C20H21ClFNO.CH2O3/c21-18-7-4-8-19(22)17(18)13-20(24)23-16-11-9-15(10-12-16)14-5-2-1-3-6-14;2-1(3)4/h1-8,15-16H,9-13H2,(H,23,24);(H2,2,3,4). The van der Waals surface area contributed by atoms with Crippen LogP contribution in [-0.2, 0) is 11.2 Å². The molecular weight excluding hydrogens is 385 g/mol. The molecule has 0 aromatic heterocycles. The van der Waals surface area contributed by atoms with E-state index in [9.17, 15) is 9.18 Å². The van der Waals surface area contributed by atoms with Crippen LogP contribution in [0.25, 0.3) is 0 Å². The van der Waals surface area contributed by atoms with Crippen molar-refractivity contribution in [3.63, 3.8) is 0 Å². The highest BCUT2D eigenvalue weighted by Gasteiger charge is 2.23. The van der Waals surface area contributed by atoms with Crippen molar-refractivity contribution >= 4 is 23.7 Å². The average molecular weight is 408 g/mol. The summed E-state index contributed by atoms with van der Waals surface area (Å²) in [7, 11) is 0. The topological polar surface area (TPSA) is 86.6 Å². The summed E-state index contributed by atoms with van der Waals surface area (Å²) in [5, 5.41) is 17.3. The molecule has 1 saturated carbocycles. The fraction of sp³-hybridized carbons (Fsp3) is 0.333. The molecule has 0 atom stereocenters. The van der Waals surface area contributed by atoms with Gasteiger partial charge in [0.1, 0.15) is 5.82 Å². The molecule has 150 valence electrons. The molecule has 5 nitrogen and oxygen atoms in total. The van der Waals surface area contributed by atoms with Gasteiger partial charge in [-0.15, -0.1) is 0 Å². The minimum atomic E-state index is -1.83. The first-order valence-corrected chi connectivity index (χ1v) is 9.43. The van der Waals surface area contributed by atoms with Crippen molar-refractivity contribution in [1.82, 2.24) is 5.32 Å². The van der Waals surface area contributed by atoms with E-state index in [0.29, 0.717) is 10.9 Å². The second-order valence-corrected chi connectivity index (χ2v) is 7.09. The van der Waals surface area contributed by atoms with Gasteiger partial charge in [0.15, 0.2) is 0 Å². The molecule has 3 rings (SSSR count). The Balaban J connectivity index is 0.000000640. The summed E-state index contributed by atoms with van der Waals surface area (Å²) in [4.78, 5) is 20.8. The van der Waals surface area contributed by atoms with Crippen LogP contribution in [0.3, 0.4) is 0 Å². The highest BCUT2D eigenvalue weighted by Crippen LogP contribution is 2.32. The molecule has 2 aromatic rings. The van der Waals surface area contributed by atoms with Gasteiger partial charge in [0, 0.05) is 16.6 Å². The van der Waals surface area contributed by atoms with Crippen LogP contribution in [0.2, 0.25) is 5.02 Å². The lowest BCUT2D eigenvalue weighted by Crippen LogP contribution is -2.38. The Morgan fingerprint density at radius 3 is 2.18 bits per heavy atom. The maximum atomic E-state index is 13.8. The van der Waals surface area contributed by atoms with E-state index < -0.39 is 12.0 Å². The minimum Gasteiger partial charge on any atom is -0.450 e. The zero-order valence-electron chi connectivity index (χ0n) is 15.3. The number of carboxylic acid groups (broad SMARTS) is 2. The lowest BCUT2D eigenvalue weighted by Gasteiger charge is -2.29. The van der Waals surface area contributed by atoms with Gasteiger partial charge in [-0.05, 0) is 49.3 Å². The third kappa shape index (κ3) is 6.85. The number of benzene rings is 2. The first-order valence-electron chi connectivity index (χ1n) is 9.06. The first kappa shape index (κ1) is 21.7. The van der Waals surface area contributed by atoms with Crippen molar-refractivity contribution in [3.8, 4) is 0 Å². The number of nitrogens with one attached hydrogen (secondary N) is 1. The van der Waals surface area contributed by atoms with Gasteiger partial charge in [0.05, 0.1) is 6.42 Å². The summed E-state index contributed by atoms with van der Waals surface area (Å²) >= 11 is 5.98. The highest BCUT2D eigenvalue weighted by molar-refractivity contribution is 6.31. The fourth-order valence-electron chi connectivity index (χ4n) is 3.44. The van der Waals surface area contributed by atoms with E-state index in [-0.39, 0.29) is 23.9 Å². The summed E-state index contributed by atoms with van der Waals surface area (Å²) in [6.45, 7) is 0. The van der Waals surface area contributed by atoms with Crippen LogP contribution >= 0.6 is 11.6 Å². The molecule has 1 fully saturated rings. The van der Waals surface area contributed by atoms with Gasteiger partial charge in [-0.25, -0.2) is 9.18 Å². The lowest BCUT2D eigenvalue weighted by molar-refractivity contribution is -0.121. The van der Waals surface area contributed by atoms with Crippen LogP contribution in [0, 0.1) is 5.82 Å². The maximum absolute atomic E-state index is 13.8. The summed E-state index contributed by atoms with van der Waals surface area (Å²) in [6, 6.07) is 15.2. The highest BCUT2D eigenvalue weighted by atomic mass is 35.5. The van der Waals surface area contributed by atoms with E-state index in [0.717, 1.165) is 25.7 Å². The van der Waals surface area contributed by atoms with E-state index >= 15 is 0 Å². The molecule has 0 heterocycles. The Hall–Kier alpha value is -2.60. The summed E-state index contributed by atoms with van der Waals surface area (Å²) in [5.41, 5.74) is 1.65. The quantitative estimate of drug-likeness (QED) is 0.659. The largest absolute Gasteiger partial charge is 0.503 e. The summed E-state index contributed by atoms with van der Waals surface area (Å²) in [5.74, 6) is -0.0176. The van der Waals surface area contributed by atoms with E-state index in [2.05, 4.69) is 29.6 Å². The molecule has 28 heavy (non-hydrogen) atoms. The van der Waals surface area contributed by atoms with Crippen LogP contribution in [0.5, 0.6) is 0 Å². The second-order valence-electron chi connectivity index (χ2n) is 6.69. The van der Waals surface area contributed by atoms with Gasteiger partial charge in [-0.1, -0.05) is 48.0 Å². The van der Waals surface area contributed by atoms with Crippen LogP contribution < -0.4 is 5.32 Å². The second kappa shape index (κ2) is 10.7. The number of hydrogen-bond donors (Lipinski definition) is 3. The van der Waals surface area contributed by atoms with Crippen molar-refractivity contribution < 1.29 is 24.2 Å². The van der Waals surface area contributed by atoms with Gasteiger partial charge in [-0.3, -0.25) is 4.79 Å². The van der Waals surface area contributed by atoms with Gasteiger partial charge in [-0.2, -0.15) is 0 Å². The molecule has 3 N–H and O–H groups in total. The smallest absolute Gasteiger partial charge is 0.450 e. The Morgan fingerprint density at radius 2 is 1.61 bits per heavy atom. The SMILES string of the molecule is O=C(Cc1c(F)cccc1Cl)NC1CCC(c2ccccc2)CC1.O=C(O)O. The Kier molecular flexibility index (Phi) is 8.26. The van der Waals surface area contributed by atoms with Crippen molar-refractivity contribution in [3.05, 3.63) is 70.5 Å². The predicted molar refractivity (Wildman–Crippen MR) is 105 cm³/mol. The lowest BCUT2D eigenvalue weighted by atomic mass is 9.82. The van der Waals surface area contributed by atoms with Gasteiger partial charge < -0.3 is 15.5 Å². The molecule has 0 radical (unpaired) electrons. The first-order chi connectivity index (χ1) is 13.4. The molecule has 7 heteroatoms. The molecule has 0 spiro atoms. The number of halogens is 2. The van der Waals surface area contributed by atoms with Crippen LogP contribution in [-0.4, -0.2) is 28.3 Å². The van der Waals surface area contributed by atoms with Gasteiger partial charge in [0.2, 0.25) is 5.91 Å². The Labute approximate surface area is 168 Å². The van der Waals surface area contributed by atoms with Gasteiger partial charge >= 0.3 is 6.16 Å². The van der Waals surface area contributed by atoms with Crippen LogP contribution in [0.4, 0.5) is 9.18 Å². The minimum absolute atomic E-state index is 0.00980. The number of carbonyl (C=O) groups is 2. The van der Waals surface area contributed by atoms with Crippen molar-refractivity contribution in [2.45, 2.75) is 44.1 Å². The molecule has 2 aromatic carbocycles. The number of amides is 1. The molecule has 0 aliphatic heterocycles. The monoisotopic (exact) mass is 407 g/mol. The van der Waals surface area contributed by atoms with Gasteiger partial charge in [0.25, 0.3) is 0 Å². The van der Waals surface area contributed by atoms with E-state index in [4.69, 9.17) is 26.6 Å². The molecule has 0 unspecified atom stereocenters. The third-order valence-corrected chi connectivity index (χ3v) is 5.12. The summed E-state index contributed by atoms with van der Waals surface area (Å²) in [6.07, 6.45) is 2.20. The van der Waals surface area contributed by atoms with Crippen molar-refractivity contribution in [1.29, 1.82) is 0 Å². The molecule has 1 amide bonds. The van der Waals surface area contributed by atoms with Crippen molar-refractivity contribution in [2.24, 2.45) is 0 Å². The normalized spacial score (nSPS) is 18.5. The van der Waals surface area contributed by atoms with Crippen LogP contribution in [0.1, 0.15) is 42.7 Å². The number of rotatable bonds is 4. The maximum Gasteiger partial charge on any atom is 0.503 e. The Bertz CT molecular complexity index is 768. The predicted octanol–water partition coefficient (Wildman–Crippen LogP) is 5.09. The number of carbonyl (C=O) groups excluding carboxylic acids is 1. The molecule has 0 bridgehead atoms. The van der Waals surface area contributed by atoms with Crippen molar-refractivity contribution in [2.75, 3.05) is 0 Å². The van der Waals surface area contributed by atoms with Crippen LogP contribution in [0.15, 0.2) is 48.5 Å². The Morgan fingerprint density at radius 1 is 1.00 bits per heavy atom. The summed E-state index contributed by atoms with van der Waals surface area (Å²) < 4.78 is 13.8.